The maximum absolute atomic E-state index is 12.6. The largest absolute Gasteiger partial charge is 0.500 e. The summed E-state index contributed by atoms with van der Waals surface area (Å²) in [4.78, 5) is 24.1. The second-order valence-electron chi connectivity index (χ2n) is 8.49. The first kappa shape index (κ1) is 32.8. The highest BCUT2D eigenvalue weighted by Crippen LogP contribution is 2.30. The fourth-order valence-electron chi connectivity index (χ4n) is 3.73. The summed E-state index contributed by atoms with van der Waals surface area (Å²) in [6.45, 7) is 10.2. The second-order valence-corrected chi connectivity index (χ2v) is 11.2. The number of carbonyl (C=O) groups is 2. The molecule has 0 aromatic heterocycles. The standard InChI is InChI=1S/C28H46O8Si/c1-6-10-11-14-21-32-25-19-17-24(18-20-27(29)31-5)23-26(25)36-28(30)16-13-12-15-22-37(33-7-2,34-8-3)35-9-4/h17-20,23H,6-16,21-22H2,1-5H3/b20-18+. The number of carbonyl (C=O) groups excluding carboxylic acids is 2. The first-order valence-corrected chi connectivity index (χ1v) is 15.5. The zero-order valence-corrected chi connectivity index (χ0v) is 24.3. The molecule has 0 aliphatic heterocycles. The lowest BCUT2D eigenvalue weighted by molar-refractivity contribution is -0.135. The molecular formula is C28H46O8Si. The molecule has 37 heavy (non-hydrogen) atoms. The molecule has 0 fully saturated rings. The third-order valence-electron chi connectivity index (χ3n) is 5.52. The van der Waals surface area contributed by atoms with Gasteiger partial charge in [0.25, 0.3) is 0 Å². The van der Waals surface area contributed by atoms with Gasteiger partial charge in [-0.25, -0.2) is 4.79 Å². The summed E-state index contributed by atoms with van der Waals surface area (Å²) in [5.74, 6) is 0.0803. The van der Waals surface area contributed by atoms with Crippen molar-refractivity contribution in [3.8, 4) is 11.5 Å². The van der Waals surface area contributed by atoms with Crippen LogP contribution in [0.2, 0.25) is 6.04 Å². The van der Waals surface area contributed by atoms with Crippen LogP contribution in [0.4, 0.5) is 0 Å². The molecule has 0 saturated heterocycles. The van der Waals surface area contributed by atoms with Crippen molar-refractivity contribution in [1.82, 2.24) is 0 Å². The molecule has 0 unspecified atom stereocenters. The van der Waals surface area contributed by atoms with Crippen molar-refractivity contribution in [3.05, 3.63) is 29.8 Å². The SMILES string of the molecule is CCCCCCOc1ccc(/C=C/C(=O)OC)cc1OC(=O)CCCCC[Si](OCC)(OCC)OCC. The molecule has 0 spiro atoms. The average molecular weight is 539 g/mol. The molecule has 9 heteroatoms. The van der Waals surface area contributed by atoms with E-state index in [2.05, 4.69) is 11.7 Å². The van der Waals surface area contributed by atoms with Crippen LogP contribution >= 0.6 is 0 Å². The van der Waals surface area contributed by atoms with Crippen molar-refractivity contribution < 1.29 is 37.1 Å². The Labute approximate surface area is 224 Å². The molecular weight excluding hydrogens is 492 g/mol. The van der Waals surface area contributed by atoms with Gasteiger partial charge in [0.1, 0.15) is 0 Å². The van der Waals surface area contributed by atoms with E-state index in [0.717, 1.165) is 44.6 Å². The Morgan fingerprint density at radius 3 is 2.14 bits per heavy atom. The van der Waals surface area contributed by atoms with E-state index in [9.17, 15) is 9.59 Å². The summed E-state index contributed by atoms with van der Waals surface area (Å²) in [6, 6.07) is 6.00. The lowest BCUT2D eigenvalue weighted by Crippen LogP contribution is -2.45. The highest BCUT2D eigenvalue weighted by molar-refractivity contribution is 6.60. The monoisotopic (exact) mass is 538 g/mol. The lowest BCUT2D eigenvalue weighted by atomic mass is 10.1. The van der Waals surface area contributed by atoms with Crippen molar-refractivity contribution in [3.63, 3.8) is 0 Å². The average Bonchev–Trinajstić information content (AvgIpc) is 2.88. The highest BCUT2D eigenvalue weighted by Gasteiger charge is 2.39. The van der Waals surface area contributed by atoms with E-state index in [4.69, 9.17) is 22.8 Å². The maximum atomic E-state index is 12.6. The summed E-state index contributed by atoms with van der Waals surface area (Å²) < 4.78 is 33.9. The molecule has 0 radical (unpaired) electrons. The summed E-state index contributed by atoms with van der Waals surface area (Å²) in [6.07, 6.45) is 9.91. The van der Waals surface area contributed by atoms with Crippen LogP contribution in [-0.2, 0) is 27.6 Å². The smallest absolute Gasteiger partial charge is 0.490 e. The van der Waals surface area contributed by atoms with Crippen molar-refractivity contribution in [1.29, 1.82) is 0 Å². The van der Waals surface area contributed by atoms with Gasteiger partial charge in [-0.2, -0.15) is 0 Å². The highest BCUT2D eigenvalue weighted by atomic mass is 28.4. The van der Waals surface area contributed by atoms with E-state index in [1.54, 1.807) is 18.2 Å². The summed E-state index contributed by atoms with van der Waals surface area (Å²) in [5, 5.41) is 0. The van der Waals surface area contributed by atoms with Crippen LogP contribution < -0.4 is 9.47 Å². The van der Waals surface area contributed by atoms with Gasteiger partial charge in [-0.1, -0.05) is 38.7 Å². The summed E-state index contributed by atoms with van der Waals surface area (Å²) >= 11 is 0. The minimum absolute atomic E-state index is 0.282. The van der Waals surface area contributed by atoms with Gasteiger partial charge in [-0.05, 0) is 63.8 Å². The van der Waals surface area contributed by atoms with Crippen LogP contribution in [0.3, 0.4) is 0 Å². The molecule has 1 aromatic rings. The number of rotatable bonds is 21. The number of benzene rings is 1. The molecule has 0 amide bonds. The molecule has 1 aromatic carbocycles. The third-order valence-corrected chi connectivity index (χ3v) is 8.67. The zero-order valence-electron chi connectivity index (χ0n) is 23.3. The van der Waals surface area contributed by atoms with Crippen molar-refractivity contribution in [2.24, 2.45) is 0 Å². The zero-order chi connectivity index (χ0) is 27.4. The van der Waals surface area contributed by atoms with Gasteiger partial charge >= 0.3 is 20.7 Å². The molecule has 1 rings (SSSR count). The van der Waals surface area contributed by atoms with Crippen LogP contribution in [0.25, 0.3) is 6.08 Å². The summed E-state index contributed by atoms with van der Waals surface area (Å²) in [7, 11) is -1.34. The molecule has 0 aliphatic carbocycles. The topological polar surface area (TPSA) is 89.5 Å². The van der Waals surface area contributed by atoms with Gasteiger partial charge in [-0.15, -0.1) is 0 Å². The van der Waals surface area contributed by atoms with Gasteiger partial charge in [0.2, 0.25) is 0 Å². The van der Waals surface area contributed by atoms with E-state index in [-0.39, 0.29) is 12.4 Å². The molecule has 0 bridgehead atoms. The molecule has 0 aliphatic rings. The van der Waals surface area contributed by atoms with Crippen molar-refractivity contribution in [2.45, 2.75) is 85.1 Å². The van der Waals surface area contributed by atoms with Gasteiger partial charge in [-0.3, -0.25) is 4.79 Å². The first-order valence-electron chi connectivity index (χ1n) is 13.6. The van der Waals surface area contributed by atoms with Crippen LogP contribution in [0.5, 0.6) is 11.5 Å². The van der Waals surface area contributed by atoms with E-state index >= 15 is 0 Å². The number of methoxy groups -OCH3 is 1. The number of ether oxygens (including phenoxy) is 3. The fraction of sp³-hybridized carbons (Fsp3) is 0.643. The Hall–Kier alpha value is -2.20. The normalized spacial score (nSPS) is 11.6. The minimum atomic E-state index is -2.66. The number of hydrogen-bond donors (Lipinski definition) is 0. The van der Waals surface area contributed by atoms with Gasteiger partial charge in [0, 0.05) is 38.4 Å². The third kappa shape index (κ3) is 13.8. The molecule has 0 N–H and O–H groups in total. The van der Waals surface area contributed by atoms with Crippen molar-refractivity contribution >= 4 is 26.8 Å². The maximum Gasteiger partial charge on any atom is 0.500 e. The minimum Gasteiger partial charge on any atom is -0.490 e. The number of hydrogen-bond acceptors (Lipinski definition) is 8. The van der Waals surface area contributed by atoms with Gasteiger partial charge in [0.15, 0.2) is 11.5 Å². The van der Waals surface area contributed by atoms with Crippen LogP contribution in [0, 0.1) is 0 Å². The molecule has 8 nitrogen and oxygen atoms in total. The summed E-state index contributed by atoms with van der Waals surface area (Å²) in [5.41, 5.74) is 0.704. The van der Waals surface area contributed by atoms with Crippen molar-refractivity contribution in [2.75, 3.05) is 33.5 Å². The Morgan fingerprint density at radius 2 is 1.51 bits per heavy atom. The quantitative estimate of drug-likeness (QED) is 0.0588. The van der Waals surface area contributed by atoms with E-state index in [1.807, 2.05) is 26.8 Å². The molecule has 0 heterocycles. The first-order chi connectivity index (χ1) is 17.9. The second kappa shape index (κ2) is 19.8. The number of esters is 2. The van der Waals surface area contributed by atoms with Crippen LogP contribution in [0.1, 0.15) is 84.6 Å². The Kier molecular flexibility index (Phi) is 17.6. The molecule has 0 saturated carbocycles. The Bertz CT molecular complexity index is 794. The van der Waals surface area contributed by atoms with E-state index < -0.39 is 14.8 Å². The van der Waals surface area contributed by atoms with Crippen LogP contribution in [0.15, 0.2) is 24.3 Å². The molecule has 0 atom stereocenters. The Morgan fingerprint density at radius 1 is 0.838 bits per heavy atom. The van der Waals surface area contributed by atoms with Crippen LogP contribution in [-0.4, -0.2) is 54.3 Å². The predicted octanol–water partition coefficient (Wildman–Crippen LogP) is 6.35. The van der Waals surface area contributed by atoms with E-state index in [0.29, 0.717) is 49.9 Å². The fourth-order valence-corrected chi connectivity index (χ4v) is 6.42. The van der Waals surface area contributed by atoms with Gasteiger partial charge < -0.3 is 27.5 Å². The van der Waals surface area contributed by atoms with E-state index in [1.165, 1.54) is 13.2 Å². The predicted molar refractivity (Wildman–Crippen MR) is 147 cm³/mol. The number of unbranched alkanes of at least 4 members (excludes halogenated alkanes) is 5. The molecule has 210 valence electrons. The Balaban J connectivity index is 2.70. The van der Waals surface area contributed by atoms with Gasteiger partial charge in [0.05, 0.1) is 13.7 Å². The lowest BCUT2D eigenvalue weighted by Gasteiger charge is -2.28.